The summed E-state index contributed by atoms with van der Waals surface area (Å²) in [5, 5.41) is 49.3. The molecule has 0 aliphatic rings. The number of amides is 11. The standard InChI is InChI=1S/C36H62N12O15S2/c1-17(37)30(57)47-23(16-49)35(62)46-22(10-12-65-4)34(61)48-29(18(2)50)36(63)41-13-26(53)40-14-27(54)43-19(5-7-24(38)51)32(59)44-20(6-8-25(39)52)33(60)45-21(9-11-64-3)31(58)42-15-28(55)56/h17-23,29,49-50H,5-16,37H2,1-4H3,(H2,38,51)(H2,39,52)(H,40,53)(H,41,63)(H,42,58)(H,43,54)(H,44,59)(H,45,60)(H,46,62)(H,47,57)(H,48,61)(H,55,56)/t17-,18+,19-,20-,21-,22-,23-,29-/m0/s1. The largest absolute Gasteiger partial charge is 0.480 e. The Labute approximate surface area is 382 Å². The summed E-state index contributed by atoms with van der Waals surface area (Å²) < 4.78 is 0. The molecular formula is C36H62N12O15S2. The van der Waals surface area contributed by atoms with Crippen LogP contribution in [0.5, 0.6) is 0 Å². The van der Waals surface area contributed by atoms with Crippen molar-refractivity contribution >= 4 is 94.5 Å². The predicted molar refractivity (Wildman–Crippen MR) is 234 cm³/mol. The zero-order valence-corrected chi connectivity index (χ0v) is 38.0. The highest BCUT2D eigenvalue weighted by Gasteiger charge is 2.33. The van der Waals surface area contributed by atoms with Crippen molar-refractivity contribution in [1.29, 1.82) is 0 Å². The maximum Gasteiger partial charge on any atom is 0.322 e. The molecule has 0 aromatic carbocycles. The molecule has 0 spiro atoms. The summed E-state index contributed by atoms with van der Waals surface area (Å²) in [7, 11) is 0. The van der Waals surface area contributed by atoms with E-state index < -0.39 is 165 Å². The molecular weight excluding hydrogens is 905 g/mol. The molecule has 0 saturated heterocycles. The van der Waals surface area contributed by atoms with Crippen LogP contribution < -0.4 is 65.1 Å². The van der Waals surface area contributed by atoms with Gasteiger partial charge in [-0.15, -0.1) is 0 Å². The van der Waals surface area contributed by atoms with E-state index in [4.69, 9.17) is 22.3 Å². The van der Waals surface area contributed by atoms with E-state index in [0.29, 0.717) is 11.5 Å². The normalized spacial score (nSPS) is 14.4. The number of carbonyl (C=O) groups excluding carboxylic acids is 11. The number of carboxylic acids is 1. The number of nitrogens with two attached hydrogens (primary N) is 3. The van der Waals surface area contributed by atoms with E-state index in [-0.39, 0.29) is 19.3 Å². The van der Waals surface area contributed by atoms with Crippen molar-refractivity contribution in [2.75, 3.05) is 50.3 Å². The van der Waals surface area contributed by atoms with Crippen LogP contribution in [-0.4, -0.2) is 185 Å². The molecule has 0 radical (unpaired) electrons. The van der Waals surface area contributed by atoms with Crippen LogP contribution in [0.2, 0.25) is 0 Å². The van der Waals surface area contributed by atoms with Gasteiger partial charge in [-0.05, 0) is 63.5 Å². The minimum atomic E-state index is -1.67. The summed E-state index contributed by atoms with van der Waals surface area (Å²) in [6.45, 7) is -0.693. The highest BCUT2D eigenvalue weighted by molar-refractivity contribution is 7.98. The van der Waals surface area contributed by atoms with Gasteiger partial charge >= 0.3 is 5.97 Å². The van der Waals surface area contributed by atoms with Gasteiger partial charge in [0.05, 0.1) is 31.8 Å². The lowest BCUT2D eigenvalue weighted by molar-refractivity contribution is -0.138. The van der Waals surface area contributed by atoms with Crippen LogP contribution >= 0.6 is 23.5 Å². The molecule has 0 rings (SSSR count). The van der Waals surface area contributed by atoms with E-state index in [2.05, 4.69) is 47.9 Å². The van der Waals surface area contributed by atoms with E-state index >= 15 is 0 Å². The van der Waals surface area contributed by atoms with Crippen LogP contribution in [-0.2, 0) is 57.5 Å². The quantitative estimate of drug-likeness (QED) is 0.0290. The number of rotatable bonds is 33. The number of primary amides is 2. The summed E-state index contributed by atoms with van der Waals surface area (Å²) in [5.41, 5.74) is 16.0. The Bertz CT molecular complexity index is 1690. The lowest BCUT2D eigenvalue weighted by Gasteiger charge is -2.26. The monoisotopic (exact) mass is 966 g/mol. The Morgan fingerprint density at radius 2 is 0.908 bits per heavy atom. The molecule has 27 nitrogen and oxygen atoms in total. The minimum Gasteiger partial charge on any atom is -0.480 e. The number of carboxylic acid groups (broad SMARTS) is 1. The van der Waals surface area contributed by atoms with Crippen molar-refractivity contribution in [3.8, 4) is 0 Å². The van der Waals surface area contributed by atoms with E-state index in [1.54, 1.807) is 12.5 Å². The van der Waals surface area contributed by atoms with Crippen LogP contribution in [0.3, 0.4) is 0 Å². The number of hydrogen-bond acceptors (Lipinski definition) is 17. The Kier molecular flexibility index (Phi) is 29.1. The van der Waals surface area contributed by atoms with Crippen molar-refractivity contribution < 1.29 is 72.9 Å². The predicted octanol–water partition coefficient (Wildman–Crippen LogP) is -7.91. The molecule has 0 bridgehead atoms. The van der Waals surface area contributed by atoms with Crippen LogP contribution in [0.1, 0.15) is 52.4 Å². The van der Waals surface area contributed by atoms with Gasteiger partial charge in [0.2, 0.25) is 65.0 Å². The number of thioether (sulfide) groups is 2. The zero-order chi connectivity index (χ0) is 49.8. The molecule has 0 saturated carbocycles. The first-order chi connectivity index (χ1) is 30.5. The van der Waals surface area contributed by atoms with Crippen LogP contribution in [0.15, 0.2) is 0 Å². The van der Waals surface area contributed by atoms with Crippen LogP contribution in [0.4, 0.5) is 0 Å². The Balaban J connectivity index is 5.77. The number of aliphatic hydroxyl groups excluding tert-OH is 2. The summed E-state index contributed by atoms with van der Waals surface area (Å²) in [6, 6.07) is -9.83. The summed E-state index contributed by atoms with van der Waals surface area (Å²) in [4.78, 5) is 150. The number of hydrogen-bond donors (Lipinski definition) is 15. The van der Waals surface area contributed by atoms with E-state index in [1.807, 2.05) is 0 Å². The molecule has 0 fully saturated rings. The smallest absolute Gasteiger partial charge is 0.322 e. The molecule has 0 aromatic heterocycles. The van der Waals surface area contributed by atoms with Gasteiger partial charge in [-0.25, -0.2) is 0 Å². The van der Waals surface area contributed by atoms with Crippen LogP contribution in [0.25, 0.3) is 0 Å². The van der Waals surface area contributed by atoms with Crippen molar-refractivity contribution in [2.24, 2.45) is 17.2 Å². The van der Waals surface area contributed by atoms with Crippen molar-refractivity contribution in [1.82, 2.24) is 47.9 Å². The zero-order valence-electron chi connectivity index (χ0n) is 36.4. The topological polar surface area (TPSA) is 452 Å². The third-order valence-electron chi connectivity index (χ3n) is 8.71. The average molecular weight is 967 g/mol. The second-order valence-corrected chi connectivity index (χ2v) is 16.2. The molecule has 0 aliphatic heterocycles. The lowest BCUT2D eigenvalue weighted by atomic mass is 10.1. The maximum absolute atomic E-state index is 13.4. The van der Waals surface area contributed by atoms with Crippen molar-refractivity contribution in [3.63, 3.8) is 0 Å². The SMILES string of the molecule is CSCC[C@H](NC(=O)[C@H](CCC(N)=O)NC(=O)[C@H](CCC(N)=O)NC(=O)CNC(=O)CNC(=O)[C@@H](NC(=O)[C@H](CCSC)NC(=O)[C@H](CO)NC(=O)[C@H](C)N)[C@@H](C)O)C(=O)NCC(=O)O. The molecule has 0 heterocycles. The van der Waals surface area contributed by atoms with E-state index in [0.717, 1.165) is 6.92 Å². The van der Waals surface area contributed by atoms with Crippen molar-refractivity contribution in [2.45, 2.75) is 101 Å². The maximum atomic E-state index is 13.4. The fourth-order valence-corrected chi connectivity index (χ4v) is 6.09. The number of aliphatic carboxylic acids is 1. The second-order valence-electron chi connectivity index (χ2n) is 14.2. The summed E-state index contributed by atoms with van der Waals surface area (Å²) >= 11 is 2.63. The minimum absolute atomic E-state index is 0.0174. The molecule has 11 amide bonds. The van der Waals surface area contributed by atoms with E-state index in [9.17, 15) is 67.7 Å². The third-order valence-corrected chi connectivity index (χ3v) is 9.99. The lowest BCUT2D eigenvalue weighted by Crippen LogP contribution is -2.60. The fraction of sp³-hybridized carbons (Fsp3) is 0.667. The first-order valence-corrected chi connectivity index (χ1v) is 22.7. The Morgan fingerprint density at radius 3 is 1.34 bits per heavy atom. The van der Waals surface area contributed by atoms with E-state index in [1.165, 1.54) is 30.4 Å². The molecule has 0 aromatic rings. The fourth-order valence-electron chi connectivity index (χ4n) is 5.14. The Hall–Kier alpha value is -5.78. The first-order valence-electron chi connectivity index (χ1n) is 19.9. The van der Waals surface area contributed by atoms with Gasteiger partial charge in [0, 0.05) is 12.8 Å². The molecule has 8 atom stereocenters. The molecule has 0 unspecified atom stereocenters. The van der Waals surface area contributed by atoms with Gasteiger partial charge in [0.25, 0.3) is 0 Å². The molecule has 65 heavy (non-hydrogen) atoms. The van der Waals surface area contributed by atoms with Gasteiger partial charge in [-0.1, -0.05) is 0 Å². The molecule has 368 valence electrons. The van der Waals surface area contributed by atoms with Gasteiger partial charge in [-0.3, -0.25) is 57.5 Å². The molecule has 29 heteroatoms. The first kappa shape index (κ1) is 59.2. The third kappa shape index (κ3) is 25.3. The number of nitrogens with one attached hydrogen (secondary N) is 9. The highest BCUT2D eigenvalue weighted by atomic mass is 32.2. The van der Waals surface area contributed by atoms with Gasteiger partial charge < -0.3 is 80.4 Å². The van der Waals surface area contributed by atoms with Crippen molar-refractivity contribution in [3.05, 3.63) is 0 Å². The summed E-state index contributed by atoms with van der Waals surface area (Å²) in [6.07, 6.45) is 0.291. The Morgan fingerprint density at radius 1 is 0.508 bits per heavy atom. The number of aliphatic hydroxyl groups is 2. The van der Waals surface area contributed by atoms with Gasteiger partial charge in [0.15, 0.2) is 0 Å². The summed E-state index contributed by atoms with van der Waals surface area (Å²) in [5.74, 6) is -10.9. The molecule has 18 N–H and O–H groups in total. The second kappa shape index (κ2) is 32.0. The molecule has 0 aliphatic carbocycles. The highest BCUT2D eigenvalue weighted by Crippen LogP contribution is 2.07. The average Bonchev–Trinajstić information content (AvgIpc) is 3.24. The van der Waals surface area contributed by atoms with Gasteiger partial charge in [-0.2, -0.15) is 23.5 Å². The number of carbonyl (C=O) groups is 12. The van der Waals surface area contributed by atoms with Crippen LogP contribution in [0, 0.1) is 0 Å². The van der Waals surface area contributed by atoms with Gasteiger partial charge in [0.1, 0.15) is 42.8 Å².